The number of aromatic nitrogens is 3. The summed E-state index contributed by atoms with van der Waals surface area (Å²) in [5.74, 6) is 0.255. The van der Waals surface area contributed by atoms with Crippen LogP contribution in [0.2, 0.25) is 0 Å². The highest BCUT2D eigenvalue weighted by Gasteiger charge is 2.17. The average molecular weight is 434 g/mol. The van der Waals surface area contributed by atoms with Crippen LogP contribution in [0.25, 0.3) is 28.3 Å². The van der Waals surface area contributed by atoms with Crippen LogP contribution in [0.1, 0.15) is 21.6 Å². The average Bonchev–Trinajstić information content (AvgIpc) is 3.52. The summed E-state index contributed by atoms with van der Waals surface area (Å²) in [6.07, 6.45) is 1.94. The number of carbonyl (C=O) groups is 1. The van der Waals surface area contributed by atoms with Crippen molar-refractivity contribution in [3.63, 3.8) is 0 Å². The quantitative estimate of drug-likeness (QED) is 0.387. The fourth-order valence-corrected chi connectivity index (χ4v) is 3.59. The number of para-hydroxylation sites is 1. The molecular weight excluding hydrogens is 412 g/mol. The van der Waals surface area contributed by atoms with Crippen LogP contribution < -0.4 is 5.32 Å². The molecule has 0 saturated carbocycles. The van der Waals surface area contributed by atoms with Crippen LogP contribution in [0.5, 0.6) is 0 Å². The standard InChI is InChI=1S/C27H22N4O2/c1-19-12-14-20(15-13-19)25-16-24(30-33-25)27(32)28-17-22-18-31(23-10-6-3-7-11-23)29-26(22)21-8-4-2-5-9-21/h2-16,18H,17H2,1H3,(H,28,32). The Morgan fingerprint density at radius 1 is 0.909 bits per heavy atom. The Bertz CT molecular complexity index is 1370. The topological polar surface area (TPSA) is 73.0 Å². The van der Waals surface area contributed by atoms with Gasteiger partial charge in [-0.25, -0.2) is 4.68 Å². The predicted octanol–water partition coefficient (Wildman–Crippen LogP) is 5.43. The Morgan fingerprint density at radius 2 is 1.61 bits per heavy atom. The van der Waals surface area contributed by atoms with Gasteiger partial charge in [0.2, 0.25) is 0 Å². The van der Waals surface area contributed by atoms with E-state index in [0.717, 1.165) is 33.6 Å². The number of amides is 1. The van der Waals surface area contributed by atoms with Crippen molar-refractivity contribution in [1.82, 2.24) is 20.3 Å². The van der Waals surface area contributed by atoms with Gasteiger partial charge in [0.15, 0.2) is 11.5 Å². The normalized spacial score (nSPS) is 10.8. The van der Waals surface area contributed by atoms with Crippen molar-refractivity contribution >= 4 is 5.91 Å². The number of hydrogen-bond acceptors (Lipinski definition) is 4. The molecule has 0 radical (unpaired) electrons. The molecule has 5 aromatic rings. The molecular formula is C27H22N4O2. The number of nitrogens with one attached hydrogen (secondary N) is 1. The zero-order valence-corrected chi connectivity index (χ0v) is 18.1. The fourth-order valence-electron chi connectivity index (χ4n) is 3.59. The highest BCUT2D eigenvalue weighted by Crippen LogP contribution is 2.24. The molecule has 0 spiro atoms. The van der Waals surface area contributed by atoms with Gasteiger partial charge in [0.25, 0.3) is 5.91 Å². The molecule has 0 atom stereocenters. The zero-order chi connectivity index (χ0) is 22.6. The Hall–Kier alpha value is -4.45. The van der Waals surface area contributed by atoms with Crippen molar-refractivity contribution < 1.29 is 9.32 Å². The minimum atomic E-state index is -0.302. The van der Waals surface area contributed by atoms with E-state index in [1.807, 2.05) is 103 Å². The second-order valence-electron chi connectivity index (χ2n) is 7.77. The fraction of sp³-hybridized carbons (Fsp3) is 0.0741. The SMILES string of the molecule is Cc1ccc(-c2cc(C(=O)NCc3cn(-c4ccccc4)nc3-c3ccccc3)no2)cc1. The molecule has 0 fully saturated rings. The summed E-state index contributed by atoms with van der Waals surface area (Å²) in [4.78, 5) is 12.8. The lowest BCUT2D eigenvalue weighted by atomic mass is 10.1. The van der Waals surface area contributed by atoms with E-state index in [0.29, 0.717) is 12.3 Å². The first-order valence-electron chi connectivity index (χ1n) is 10.7. The molecule has 5 rings (SSSR count). The second kappa shape index (κ2) is 8.96. The van der Waals surface area contributed by atoms with E-state index < -0.39 is 0 Å². The molecule has 0 aliphatic heterocycles. The second-order valence-corrected chi connectivity index (χ2v) is 7.77. The molecule has 6 heteroatoms. The van der Waals surface area contributed by atoms with E-state index in [1.54, 1.807) is 6.07 Å². The molecule has 0 aliphatic rings. The summed E-state index contributed by atoms with van der Waals surface area (Å²) in [6, 6.07) is 29.4. The monoisotopic (exact) mass is 434 g/mol. The predicted molar refractivity (Wildman–Crippen MR) is 127 cm³/mol. The van der Waals surface area contributed by atoms with Gasteiger partial charge in [-0.15, -0.1) is 0 Å². The van der Waals surface area contributed by atoms with E-state index in [-0.39, 0.29) is 11.6 Å². The molecule has 0 bridgehead atoms. The summed E-state index contributed by atoms with van der Waals surface area (Å²) < 4.78 is 7.22. The largest absolute Gasteiger partial charge is 0.355 e. The Labute approximate surface area is 191 Å². The molecule has 0 aliphatic carbocycles. The van der Waals surface area contributed by atoms with Gasteiger partial charge in [-0.1, -0.05) is 83.5 Å². The van der Waals surface area contributed by atoms with Crippen LogP contribution in [0.15, 0.2) is 102 Å². The van der Waals surface area contributed by atoms with Gasteiger partial charge in [0.05, 0.1) is 11.4 Å². The van der Waals surface area contributed by atoms with Crippen molar-refractivity contribution in [3.05, 3.63) is 114 Å². The lowest BCUT2D eigenvalue weighted by molar-refractivity contribution is 0.0942. The van der Waals surface area contributed by atoms with Crippen LogP contribution in [0.4, 0.5) is 0 Å². The first-order chi connectivity index (χ1) is 16.2. The smallest absolute Gasteiger partial charge is 0.273 e. The summed E-state index contributed by atoms with van der Waals surface area (Å²) in [6.45, 7) is 2.33. The van der Waals surface area contributed by atoms with E-state index in [2.05, 4.69) is 10.5 Å². The zero-order valence-electron chi connectivity index (χ0n) is 18.1. The number of rotatable bonds is 6. The van der Waals surface area contributed by atoms with Crippen LogP contribution in [-0.4, -0.2) is 20.8 Å². The highest BCUT2D eigenvalue weighted by atomic mass is 16.5. The summed E-state index contributed by atoms with van der Waals surface area (Å²) in [7, 11) is 0. The Kier molecular flexibility index (Phi) is 5.55. The van der Waals surface area contributed by atoms with E-state index in [4.69, 9.17) is 9.62 Å². The third-order valence-corrected chi connectivity index (χ3v) is 5.38. The Morgan fingerprint density at radius 3 is 2.33 bits per heavy atom. The molecule has 1 N–H and O–H groups in total. The van der Waals surface area contributed by atoms with Crippen LogP contribution in [0.3, 0.4) is 0 Å². The maximum atomic E-state index is 12.8. The molecule has 0 unspecified atom stereocenters. The lowest BCUT2D eigenvalue weighted by Crippen LogP contribution is -2.23. The molecule has 6 nitrogen and oxygen atoms in total. The summed E-state index contributed by atoms with van der Waals surface area (Å²) >= 11 is 0. The number of benzene rings is 3. The van der Waals surface area contributed by atoms with E-state index in [9.17, 15) is 4.79 Å². The third kappa shape index (κ3) is 4.45. The van der Waals surface area contributed by atoms with Gasteiger partial charge in [-0.3, -0.25) is 4.79 Å². The molecule has 3 aromatic carbocycles. The minimum Gasteiger partial charge on any atom is -0.355 e. The maximum Gasteiger partial charge on any atom is 0.273 e. The molecule has 0 saturated heterocycles. The van der Waals surface area contributed by atoms with E-state index in [1.165, 1.54) is 0 Å². The van der Waals surface area contributed by atoms with Gasteiger partial charge >= 0.3 is 0 Å². The number of hydrogen-bond donors (Lipinski definition) is 1. The molecule has 162 valence electrons. The van der Waals surface area contributed by atoms with Crippen molar-refractivity contribution in [2.75, 3.05) is 0 Å². The third-order valence-electron chi connectivity index (χ3n) is 5.38. The summed E-state index contributed by atoms with van der Waals surface area (Å²) in [5, 5.41) is 11.7. The first-order valence-corrected chi connectivity index (χ1v) is 10.7. The minimum absolute atomic E-state index is 0.238. The number of aryl methyl sites for hydroxylation is 1. The van der Waals surface area contributed by atoms with Crippen molar-refractivity contribution in [3.8, 4) is 28.3 Å². The first kappa shape index (κ1) is 20.5. The number of carbonyl (C=O) groups excluding carboxylic acids is 1. The molecule has 2 aromatic heterocycles. The Balaban J connectivity index is 1.37. The lowest BCUT2D eigenvalue weighted by Gasteiger charge is -2.03. The van der Waals surface area contributed by atoms with Crippen molar-refractivity contribution in [1.29, 1.82) is 0 Å². The van der Waals surface area contributed by atoms with Crippen LogP contribution in [0, 0.1) is 6.92 Å². The van der Waals surface area contributed by atoms with Crippen LogP contribution >= 0.6 is 0 Å². The maximum absolute atomic E-state index is 12.8. The van der Waals surface area contributed by atoms with Gasteiger partial charge in [0.1, 0.15) is 0 Å². The summed E-state index contributed by atoms with van der Waals surface area (Å²) in [5.41, 5.74) is 5.93. The van der Waals surface area contributed by atoms with Gasteiger partial charge in [0, 0.05) is 35.5 Å². The van der Waals surface area contributed by atoms with Crippen LogP contribution in [-0.2, 0) is 6.54 Å². The molecule has 1 amide bonds. The molecule has 33 heavy (non-hydrogen) atoms. The van der Waals surface area contributed by atoms with Gasteiger partial charge in [-0.05, 0) is 19.1 Å². The number of nitrogens with zero attached hydrogens (tertiary/aromatic N) is 3. The highest BCUT2D eigenvalue weighted by molar-refractivity contribution is 5.93. The van der Waals surface area contributed by atoms with Gasteiger partial charge < -0.3 is 9.84 Å². The van der Waals surface area contributed by atoms with Crippen molar-refractivity contribution in [2.24, 2.45) is 0 Å². The van der Waals surface area contributed by atoms with Gasteiger partial charge in [-0.2, -0.15) is 5.10 Å². The van der Waals surface area contributed by atoms with Crippen molar-refractivity contribution in [2.45, 2.75) is 13.5 Å². The molecule has 2 heterocycles. The van der Waals surface area contributed by atoms with E-state index >= 15 is 0 Å².